The molecule has 0 radical (unpaired) electrons. The van der Waals surface area contributed by atoms with Crippen LogP contribution < -0.4 is 5.32 Å². The topological polar surface area (TPSA) is 55.4 Å². The van der Waals surface area contributed by atoms with E-state index >= 15 is 0 Å². The number of nitrogens with one attached hydrogen (secondary N) is 1. The maximum atomic E-state index is 12.4. The minimum absolute atomic E-state index is 0.0684. The summed E-state index contributed by atoms with van der Waals surface area (Å²) in [6.45, 7) is 0. The molecule has 0 unspecified atom stereocenters. The Morgan fingerprint density at radius 2 is 1.70 bits per heavy atom. The van der Waals surface area contributed by atoms with Crippen molar-refractivity contribution in [3.05, 3.63) is 87.9 Å². The molecule has 0 bridgehead atoms. The summed E-state index contributed by atoms with van der Waals surface area (Å²) in [7, 11) is 1.27. The number of esters is 1. The van der Waals surface area contributed by atoms with Crippen LogP contribution in [0.5, 0.6) is 0 Å². The molecule has 6 heteroatoms. The molecule has 0 aliphatic carbocycles. The number of hydrogen-bond acceptors (Lipinski definition) is 4. The van der Waals surface area contributed by atoms with E-state index in [0.29, 0.717) is 10.6 Å². The summed E-state index contributed by atoms with van der Waals surface area (Å²) in [5, 5.41) is 3.27. The Balaban J connectivity index is 1.88. The summed E-state index contributed by atoms with van der Waals surface area (Å²) in [4.78, 5) is 26.2. The molecule has 2 aromatic carbocycles. The van der Waals surface area contributed by atoms with Gasteiger partial charge in [-0.2, -0.15) is 0 Å². The van der Waals surface area contributed by atoms with Crippen molar-refractivity contribution in [2.45, 2.75) is 0 Å². The second kappa shape index (κ2) is 8.66. The third-order valence-corrected chi connectivity index (χ3v) is 5.14. The molecule has 1 heterocycles. The number of halogens is 1. The molecule has 4 nitrogen and oxygen atoms in total. The van der Waals surface area contributed by atoms with Gasteiger partial charge in [0.15, 0.2) is 0 Å². The lowest BCUT2D eigenvalue weighted by Crippen LogP contribution is -2.27. The highest BCUT2D eigenvalue weighted by atomic mass is 35.5. The Morgan fingerprint density at radius 3 is 2.41 bits per heavy atom. The van der Waals surface area contributed by atoms with Gasteiger partial charge in [-0.05, 0) is 36.4 Å². The van der Waals surface area contributed by atoms with E-state index in [9.17, 15) is 9.59 Å². The van der Waals surface area contributed by atoms with Gasteiger partial charge in [-0.25, -0.2) is 4.79 Å². The smallest absolute Gasteiger partial charge is 0.354 e. The first kappa shape index (κ1) is 18.9. The number of thiophene rings is 1. The van der Waals surface area contributed by atoms with Crippen molar-refractivity contribution in [1.82, 2.24) is 5.32 Å². The minimum Gasteiger partial charge on any atom is -0.464 e. The van der Waals surface area contributed by atoms with E-state index in [-0.39, 0.29) is 11.6 Å². The van der Waals surface area contributed by atoms with Crippen LogP contribution in [0.2, 0.25) is 5.02 Å². The van der Waals surface area contributed by atoms with E-state index in [0.717, 1.165) is 15.3 Å². The number of carbonyl (C=O) groups is 2. The van der Waals surface area contributed by atoms with Crippen LogP contribution in [0.4, 0.5) is 0 Å². The number of benzene rings is 2. The molecule has 136 valence electrons. The van der Waals surface area contributed by atoms with Crippen molar-refractivity contribution in [2.24, 2.45) is 0 Å². The third-order valence-electron chi connectivity index (χ3n) is 3.74. The van der Waals surface area contributed by atoms with Crippen molar-refractivity contribution >= 4 is 40.9 Å². The molecular formula is C21H16ClNO3S. The van der Waals surface area contributed by atoms with Gasteiger partial charge in [0.05, 0.1) is 7.11 Å². The Labute approximate surface area is 166 Å². The molecule has 0 atom stereocenters. The Morgan fingerprint density at radius 1 is 1.00 bits per heavy atom. The maximum absolute atomic E-state index is 12.4. The summed E-state index contributed by atoms with van der Waals surface area (Å²) in [5.41, 5.74) is 1.44. The molecule has 0 fully saturated rings. The average molecular weight is 398 g/mol. The lowest BCUT2D eigenvalue weighted by Gasteiger charge is -2.07. The molecule has 1 N–H and O–H groups in total. The van der Waals surface area contributed by atoms with E-state index in [2.05, 4.69) is 5.32 Å². The molecule has 0 aliphatic heterocycles. The zero-order valence-corrected chi connectivity index (χ0v) is 16.0. The monoisotopic (exact) mass is 397 g/mol. The zero-order valence-electron chi connectivity index (χ0n) is 14.4. The van der Waals surface area contributed by atoms with Crippen LogP contribution in [0.15, 0.2) is 72.4 Å². The lowest BCUT2D eigenvalue weighted by atomic mass is 10.2. The fourth-order valence-electron chi connectivity index (χ4n) is 2.42. The highest BCUT2D eigenvalue weighted by Gasteiger charge is 2.15. The number of rotatable bonds is 5. The van der Waals surface area contributed by atoms with Crippen molar-refractivity contribution in [3.63, 3.8) is 0 Å². The van der Waals surface area contributed by atoms with Gasteiger partial charge < -0.3 is 10.1 Å². The van der Waals surface area contributed by atoms with Crippen LogP contribution in [0, 0.1) is 0 Å². The highest BCUT2D eigenvalue weighted by Crippen LogP contribution is 2.33. The Hall–Kier alpha value is -2.89. The molecule has 1 amide bonds. The predicted molar refractivity (Wildman–Crippen MR) is 109 cm³/mol. The van der Waals surface area contributed by atoms with Crippen molar-refractivity contribution in [3.8, 4) is 10.4 Å². The number of hydrogen-bond donors (Lipinski definition) is 1. The number of ether oxygens (including phenoxy) is 1. The van der Waals surface area contributed by atoms with Crippen LogP contribution >= 0.6 is 22.9 Å². The van der Waals surface area contributed by atoms with Gasteiger partial charge in [0.2, 0.25) is 0 Å². The lowest BCUT2D eigenvalue weighted by molar-refractivity contribution is -0.136. The quantitative estimate of drug-likeness (QED) is 0.486. The largest absolute Gasteiger partial charge is 0.464 e. The molecular weight excluding hydrogens is 382 g/mol. The van der Waals surface area contributed by atoms with Crippen LogP contribution in [0.25, 0.3) is 16.5 Å². The van der Waals surface area contributed by atoms with Gasteiger partial charge in [-0.15, -0.1) is 11.3 Å². The zero-order chi connectivity index (χ0) is 19.2. The summed E-state index contributed by atoms with van der Waals surface area (Å²) in [6.07, 6.45) is 1.59. The first-order valence-corrected chi connectivity index (χ1v) is 9.29. The van der Waals surface area contributed by atoms with E-state index in [4.69, 9.17) is 16.3 Å². The van der Waals surface area contributed by atoms with E-state index < -0.39 is 5.97 Å². The van der Waals surface area contributed by atoms with Crippen molar-refractivity contribution < 1.29 is 14.3 Å². The fraction of sp³-hybridized carbons (Fsp3) is 0.0476. The third kappa shape index (κ3) is 4.64. The molecule has 0 spiro atoms. The van der Waals surface area contributed by atoms with Gasteiger partial charge >= 0.3 is 5.97 Å². The second-order valence-electron chi connectivity index (χ2n) is 5.55. The standard InChI is InChI=1S/C21H16ClNO3S/c1-26-21(25)18(23-20(24)14-7-3-2-4-8-14)13-15-11-12-19(27-15)16-9-5-6-10-17(16)22/h2-13H,1H3,(H,23,24)/b18-13-. The highest BCUT2D eigenvalue weighted by molar-refractivity contribution is 7.16. The Kier molecular flexibility index (Phi) is 6.06. The van der Waals surface area contributed by atoms with Gasteiger partial charge in [-0.3, -0.25) is 4.79 Å². The minimum atomic E-state index is -0.619. The number of methoxy groups -OCH3 is 1. The molecule has 0 aliphatic rings. The normalized spacial score (nSPS) is 11.1. The first-order chi connectivity index (χ1) is 13.1. The van der Waals surface area contributed by atoms with Gasteiger partial charge in [0.25, 0.3) is 5.91 Å². The molecule has 3 rings (SSSR count). The number of amides is 1. The SMILES string of the molecule is COC(=O)/C(=C/c1ccc(-c2ccccc2Cl)s1)NC(=O)c1ccccc1. The maximum Gasteiger partial charge on any atom is 0.354 e. The summed E-state index contributed by atoms with van der Waals surface area (Å²) >= 11 is 7.70. The van der Waals surface area contributed by atoms with Crippen molar-refractivity contribution in [2.75, 3.05) is 7.11 Å². The van der Waals surface area contributed by atoms with Crippen LogP contribution in [0.3, 0.4) is 0 Å². The molecule has 0 saturated carbocycles. The molecule has 0 saturated heterocycles. The predicted octanol–water partition coefficient (Wildman–Crippen LogP) is 5.01. The summed E-state index contributed by atoms with van der Waals surface area (Å²) < 4.78 is 4.79. The van der Waals surface area contributed by atoms with Crippen LogP contribution in [0.1, 0.15) is 15.2 Å². The summed E-state index contributed by atoms with van der Waals surface area (Å²) in [6, 6.07) is 20.0. The van der Waals surface area contributed by atoms with Gasteiger partial charge in [0, 0.05) is 25.9 Å². The van der Waals surface area contributed by atoms with E-state index in [1.54, 1.807) is 30.3 Å². The van der Waals surface area contributed by atoms with Gasteiger partial charge in [-0.1, -0.05) is 48.0 Å². The molecule has 3 aromatic rings. The van der Waals surface area contributed by atoms with E-state index in [1.165, 1.54) is 18.4 Å². The van der Waals surface area contributed by atoms with Crippen LogP contribution in [-0.2, 0) is 9.53 Å². The molecule has 27 heavy (non-hydrogen) atoms. The Bertz CT molecular complexity index is 995. The molecule has 1 aromatic heterocycles. The van der Waals surface area contributed by atoms with Gasteiger partial charge in [0.1, 0.15) is 5.70 Å². The fourth-order valence-corrected chi connectivity index (χ4v) is 3.70. The van der Waals surface area contributed by atoms with Crippen molar-refractivity contribution in [1.29, 1.82) is 0 Å². The second-order valence-corrected chi connectivity index (χ2v) is 7.07. The first-order valence-electron chi connectivity index (χ1n) is 8.09. The average Bonchev–Trinajstić information content (AvgIpc) is 3.16. The van der Waals surface area contributed by atoms with Crippen LogP contribution in [-0.4, -0.2) is 19.0 Å². The number of carbonyl (C=O) groups excluding carboxylic acids is 2. The van der Waals surface area contributed by atoms with E-state index in [1.807, 2.05) is 42.5 Å². The summed E-state index contributed by atoms with van der Waals surface area (Å²) in [5.74, 6) is -0.998.